The maximum atomic E-state index is 11.8. The van der Waals surface area contributed by atoms with Gasteiger partial charge >= 0.3 is 0 Å². The van der Waals surface area contributed by atoms with Crippen LogP contribution in [0.2, 0.25) is 0 Å². The van der Waals surface area contributed by atoms with E-state index in [1.165, 1.54) is 6.92 Å². The molecule has 5 heteroatoms. The van der Waals surface area contributed by atoms with E-state index >= 15 is 0 Å². The van der Waals surface area contributed by atoms with Gasteiger partial charge in [-0.1, -0.05) is 18.2 Å². The van der Waals surface area contributed by atoms with E-state index in [0.717, 1.165) is 5.69 Å². The fourth-order valence-corrected chi connectivity index (χ4v) is 1.98. The van der Waals surface area contributed by atoms with E-state index in [9.17, 15) is 9.59 Å². The second-order valence-electron chi connectivity index (χ2n) is 4.61. The summed E-state index contributed by atoms with van der Waals surface area (Å²) in [5.41, 5.74) is 0.795. The maximum Gasteiger partial charge on any atom is 0.223 e. The largest absolute Gasteiger partial charge is 0.467 e. The number of benzene rings is 1. The van der Waals surface area contributed by atoms with E-state index in [1.807, 2.05) is 30.3 Å². The summed E-state index contributed by atoms with van der Waals surface area (Å²) < 4.78 is 5.14. The summed E-state index contributed by atoms with van der Waals surface area (Å²) in [6.45, 7) is 2.20. The van der Waals surface area contributed by atoms with Crippen molar-refractivity contribution in [1.82, 2.24) is 5.32 Å². The quantitative estimate of drug-likeness (QED) is 0.886. The molecule has 1 aromatic carbocycles. The molecule has 0 radical (unpaired) electrons. The topological polar surface area (TPSA) is 62.6 Å². The van der Waals surface area contributed by atoms with E-state index in [2.05, 4.69) is 5.32 Å². The van der Waals surface area contributed by atoms with Crippen LogP contribution in [0, 0.1) is 0 Å². The second kappa shape index (κ2) is 7.28. The Labute approximate surface area is 123 Å². The van der Waals surface area contributed by atoms with E-state index < -0.39 is 0 Å². The Bertz CT molecular complexity index is 579. The van der Waals surface area contributed by atoms with Crippen LogP contribution in [0.25, 0.3) is 0 Å². The second-order valence-corrected chi connectivity index (χ2v) is 4.61. The smallest absolute Gasteiger partial charge is 0.223 e. The van der Waals surface area contributed by atoms with Gasteiger partial charge in [-0.25, -0.2) is 0 Å². The van der Waals surface area contributed by atoms with Gasteiger partial charge < -0.3 is 14.6 Å². The highest BCUT2D eigenvalue weighted by molar-refractivity contribution is 5.92. The van der Waals surface area contributed by atoms with Gasteiger partial charge in [-0.15, -0.1) is 0 Å². The molecule has 0 aliphatic heterocycles. The Kier molecular flexibility index (Phi) is 5.15. The lowest BCUT2D eigenvalue weighted by Crippen LogP contribution is -2.33. The van der Waals surface area contributed by atoms with Gasteiger partial charge in [0.2, 0.25) is 11.8 Å². The summed E-state index contributed by atoms with van der Waals surface area (Å²) in [6.07, 6.45) is 1.81. The maximum absolute atomic E-state index is 11.8. The molecule has 1 N–H and O–H groups in total. The van der Waals surface area contributed by atoms with Crippen LogP contribution in [0.3, 0.4) is 0 Å². The van der Waals surface area contributed by atoms with Crippen LogP contribution in [-0.2, 0) is 16.1 Å². The summed E-state index contributed by atoms with van der Waals surface area (Å²) in [5, 5.41) is 2.76. The van der Waals surface area contributed by atoms with Crippen molar-refractivity contribution >= 4 is 17.5 Å². The van der Waals surface area contributed by atoms with Crippen LogP contribution in [0.1, 0.15) is 19.1 Å². The molecule has 21 heavy (non-hydrogen) atoms. The van der Waals surface area contributed by atoms with Gasteiger partial charge in [0.05, 0.1) is 12.8 Å². The van der Waals surface area contributed by atoms with Crippen LogP contribution in [-0.4, -0.2) is 18.4 Å². The van der Waals surface area contributed by atoms with Gasteiger partial charge in [0, 0.05) is 25.6 Å². The van der Waals surface area contributed by atoms with Crippen molar-refractivity contribution in [3.05, 3.63) is 54.5 Å². The Morgan fingerprint density at radius 1 is 1.14 bits per heavy atom. The van der Waals surface area contributed by atoms with Crippen LogP contribution < -0.4 is 10.2 Å². The molecule has 0 spiro atoms. The van der Waals surface area contributed by atoms with E-state index in [1.54, 1.807) is 23.3 Å². The van der Waals surface area contributed by atoms with Crippen LogP contribution in [0.4, 0.5) is 5.69 Å². The first-order valence-electron chi connectivity index (χ1n) is 6.79. The van der Waals surface area contributed by atoms with Crippen molar-refractivity contribution in [1.29, 1.82) is 0 Å². The van der Waals surface area contributed by atoms with Crippen LogP contribution >= 0.6 is 0 Å². The summed E-state index contributed by atoms with van der Waals surface area (Å²) >= 11 is 0. The number of furan rings is 1. The Balaban J connectivity index is 1.84. The number of carbonyl (C=O) groups is 2. The minimum atomic E-state index is -0.117. The van der Waals surface area contributed by atoms with Gasteiger partial charge in [0.25, 0.3) is 0 Å². The molecule has 2 rings (SSSR count). The molecule has 0 saturated carbocycles. The molecule has 1 aromatic heterocycles. The van der Waals surface area contributed by atoms with E-state index in [4.69, 9.17) is 4.42 Å². The third-order valence-corrected chi connectivity index (χ3v) is 3.05. The highest BCUT2D eigenvalue weighted by Crippen LogP contribution is 2.13. The van der Waals surface area contributed by atoms with Crippen LogP contribution in [0.5, 0.6) is 0 Å². The van der Waals surface area contributed by atoms with Crippen molar-refractivity contribution < 1.29 is 14.0 Å². The highest BCUT2D eigenvalue weighted by Gasteiger charge is 2.13. The third-order valence-electron chi connectivity index (χ3n) is 3.05. The monoisotopic (exact) mass is 286 g/mol. The number of hydrogen-bond donors (Lipinski definition) is 1. The Hall–Kier alpha value is -2.56. The molecular weight excluding hydrogens is 268 g/mol. The summed E-state index contributed by atoms with van der Waals surface area (Å²) in [4.78, 5) is 25.1. The number of nitrogens with zero attached hydrogens (tertiary/aromatic N) is 1. The first kappa shape index (κ1) is 14.8. The number of amides is 2. The molecule has 0 unspecified atom stereocenters. The summed E-state index contributed by atoms with van der Waals surface area (Å²) in [5.74, 6) is 0.503. The molecule has 0 aliphatic carbocycles. The lowest BCUT2D eigenvalue weighted by molar-refractivity contribution is -0.121. The molecular formula is C16H18N2O3. The summed E-state index contributed by atoms with van der Waals surface area (Å²) in [6, 6.07) is 12.9. The lowest BCUT2D eigenvalue weighted by Gasteiger charge is -2.20. The minimum absolute atomic E-state index is 0.0833. The van der Waals surface area contributed by atoms with Crippen molar-refractivity contribution in [3.8, 4) is 0 Å². The number of rotatable bonds is 6. The molecule has 1 heterocycles. The first-order chi connectivity index (χ1) is 10.2. The molecule has 2 aromatic rings. The fraction of sp³-hybridized carbons (Fsp3) is 0.250. The molecule has 5 nitrogen and oxygen atoms in total. The SMILES string of the molecule is CC(=O)N(CCC(=O)NCc1ccco1)c1ccccc1. The Morgan fingerprint density at radius 3 is 2.52 bits per heavy atom. The average molecular weight is 286 g/mol. The molecule has 0 aliphatic rings. The number of anilines is 1. The van der Waals surface area contributed by atoms with Crippen molar-refractivity contribution in [2.24, 2.45) is 0 Å². The van der Waals surface area contributed by atoms with Crippen molar-refractivity contribution in [2.75, 3.05) is 11.4 Å². The van der Waals surface area contributed by atoms with Crippen molar-refractivity contribution in [2.45, 2.75) is 19.9 Å². The standard InChI is InChI=1S/C16H18N2O3/c1-13(19)18(14-6-3-2-4-7-14)10-9-16(20)17-12-15-8-5-11-21-15/h2-8,11H,9-10,12H2,1H3,(H,17,20). The Morgan fingerprint density at radius 2 is 1.90 bits per heavy atom. The zero-order valence-electron chi connectivity index (χ0n) is 11.9. The van der Waals surface area contributed by atoms with Gasteiger partial charge in [-0.05, 0) is 24.3 Å². The van der Waals surface area contributed by atoms with Crippen molar-refractivity contribution in [3.63, 3.8) is 0 Å². The first-order valence-corrected chi connectivity index (χ1v) is 6.79. The molecule has 0 bridgehead atoms. The number of hydrogen-bond acceptors (Lipinski definition) is 3. The molecule has 110 valence electrons. The average Bonchev–Trinajstić information content (AvgIpc) is 2.99. The third kappa shape index (κ3) is 4.49. The zero-order valence-corrected chi connectivity index (χ0v) is 11.9. The highest BCUT2D eigenvalue weighted by atomic mass is 16.3. The number of para-hydroxylation sites is 1. The number of carbonyl (C=O) groups excluding carboxylic acids is 2. The molecule has 0 fully saturated rings. The predicted octanol–water partition coefficient (Wildman–Crippen LogP) is 2.34. The van der Waals surface area contributed by atoms with Gasteiger partial charge in [-0.3, -0.25) is 9.59 Å². The van der Waals surface area contributed by atoms with Gasteiger partial charge in [-0.2, -0.15) is 0 Å². The van der Waals surface area contributed by atoms with Gasteiger partial charge in [0.1, 0.15) is 5.76 Å². The zero-order chi connectivity index (χ0) is 15.1. The van der Waals surface area contributed by atoms with Gasteiger partial charge in [0.15, 0.2) is 0 Å². The number of nitrogens with one attached hydrogen (secondary N) is 1. The van der Waals surface area contributed by atoms with Crippen LogP contribution in [0.15, 0.2) is 53.1 Å². The lowest BCUT2D eigenvalue weighted by atomic mass is 10.2. The summed E-state index contributed by atoms with van der Waals surface area (Å²) in [7, 11) is 0. The van der Waals surface area contributed by atoms with E-state index in [-0.39, 0.29) is 18.2 Å². The molecule has 0 saturated heterocycles. The minimum Gasteiger partial charge on any atom is -0.467 e. The van der Waals surface area contributed by atoms with E-state index in [0.29, 0.717) is 18.8 Å². The molecule has 0 atom stereocenters. The predicted molar refractivity (Wildman–Crippen MR) is 79.6 cm³/mol. The fourth-order valence-electron chi connectivity index (χ4n) is 1.98. The molecule has 2 amide bonds. The normalized spacial score (nSPS) is 10.1.